The van der Waals surface area contributed by atoms with Crippen molar-refractivity contribution >= 4 is 40.2 Å². The topological polar surface area (TPSA) is 70.4 Å². The highest BCUT2D eigenvalue weighted by Gasteiger charge is 2.44. The van der Waals surface area contributed by atoms with Gasteiger partial charge in [0.15, 0.2) is 0 Å². The zero-order chi connectivity index (χ0) is 29.0. The average molecular weight is 588 g/mol. The second-order valence-electron chi connectivity index (χ2n) is 12.0. The normalized spacial score (nSPS) is 15.1. The summed E-state index contributed by atoms with van der Waals surface area (Å²) in [6, 6.07) is 27.0. The number of pyridine rings is 1. The highest BCUT2D eigenvalue weighted by Crippen LogP contribution is 2.53. The largest absolute Gasteiger partial charge is 0.481 e. The molecule has 0 amide bonds. The first-order chi connectivity index (χ1) is 19.6. The highest BCUT2D eigenvalue weighted by molar-refractivity contribution is 7.99. The molecule has 0 saturated heterocycles. The van der Waals surface area contributed by atoms with E-state index in [4.69, 9.17) is 16.6 Å². The molecule has 4 nitrogen and oxygen atoms in total. The maximum Gasteiger partial charge on any atom is 0.303 e. The van der Waals surface area contributed by atoms with Crippen LogP contribution >= 0.6 is 23.4 Å². The number of aromatic nitrogens is 1. The van der Waals surface area contributed by atoms with E-state index in [9.17, 15) is 15.0 Å². The molecule has 0 bridgehead atoms. The van der Waals surface area contributed by atoms with Crippen LogP contribution in [0.2, 0.25) is 5.02 Å². The summed E-state index contributed by atoms with van der Waals surface area (Å²) >= 11 is 8.08. The molecule has 0 spiro atoms. The zero-order valence-electron chi connectivity index (χ0n) is 23.8. The molecule has 41 heavy (non-hydrogen) atoms. The van der Waals surface area contributed by atoms with Gasteiger partial charge in [-0.1, -0.05) is 72.3 Å². The van der Waals surface area contributed by atoms with Crippen molar-refractivity contribution in [3.05, 3.63) is 112 Å². The Labute approximate surface area is 252 Å². The van der Waals surface area contributed by atoms with Crippen molar-refractivity contribution in [2.45, 2.75) is 69.6 Å². The van der Waals surface area contributed by atoms with Gasteiger partial charge in [-0.3, -0.25) is 9.78 Å². The van der Waals surface area contributed by atoms with Crippen molar-refractivity contribution in [1.29, 1.82) is 0 Å². The molecule has 2 N–H and O–H groups in total. The number of hydrogen-bond donors (Lipinski definition) is 2. The van der Waals surface area contributed by atoms with Crippen LogP contribution in [0.15, 0.2) is 78.9 Å². The van der Waals surface area contributed by atoms with Gasteiger partial charge < -0.3 is 10.2 Å². The summed E-state index contributed by atoms with van der Waals surface area (Å²) in [5.41, 5.74) is 5.66. The number of aliphatic carboxylic acids is 1. The van der Waals surface area contributed by atoms with Gasteiger partial charge in [0.05, 0.1) is 17.5 Å². The number of nitrogens with zero attached hydrogens (tertiary/aromatic N) is 1. The van der Waals surface area contributed by atoms with Gasteiger partial charge in [0.1, 0.15) is 0 Å². The molecule has 1 heterocycles. The number of aryl methyl sites for hydroxylation is 3. The van der Waals surface area contributed by atoms with Gasteiger partial charge in [0.25, 0.3) is 0 Å². The SMILES string of the molecule is CC(C)(O)c1ccccc1CC[C@@H](SCC1(CC(=O)O)CC1)c1cccc(CCc2ccc3ccc(Cl)cc3n2)c1. The first-order valence-electron chi connectivity index (χ1n) is 14.4. The number of thioether (sulfide) groups is 1. The minimum atomic E-state index is -0.902. The van der Waals surface area contributed by atoms with E-state index >= 15 is 0 Å². The third-order valence-electron chi connectivity index (χ3n) is 8.13. The Hall–Kier alpha value is -2.86. The Balaban J connectivity index is 1.33. The summed E-state index contributed by atoms with van der Waals surface area (Å²) in [6.45, 7) is 3.67. The summed E-state index contributed by atoms with van der Waals surface area (Å²) in [7, 11) is 0. The molecule has 1 saturated carbocycles. The fourth-order valence-electron chi connectivity index (χ4n) is 5.61. The van der Waals surface area contributed by atoms with Gasteiger partial charge >= 0.3 is 5.97 Å². The Morgan fingerprint density at radius 2 is 1.78 bits per heavy atom. The molecule has 0 unspecified atom stereocenters. The van der Waals surface area contributed by atoms with Crippen LogP contribution in [0.4, 0.5) is 0 Å². The van der Waals surface area contributed by atoms with E-state index in [-0.39, 0.29) is 17.1 Å². The molecule has 1 fully saturated rings. The molecule has 0 aliphatic heterocycles. The quantitative estimate of drug-likeness (QED) is 0.164. The Morgan fingerprint density at radius 3 is 2.54 bits per heavy atom. The number of carboxylic acid groups (broad SMARTS) is 1. The smallest absolute Gasteiger partial charge is 0.303 e. The Bertz CT molecular complexity index is 1530. The Kier molecular flexibility index (Phi) is 9.08. The molecule has 1 aromatic heterocycles. The second kappa shape index (κ2) is 12.6. The van der Waals surface area contributed by atoms with Crippen LogP contribution in [0, 0.1) is 5.41 Å². The first kappa shape index (κ1) is 29.6. The predicted molar refractivity (Wildman–Crippen MR) is 170 cm³/mol. The lowest BCUT2D eigenvalue weighted by molar-refractivity contribution is -0.138. The molecule has 1 aliphatic carbocycles. The number of carboxylic acids is 1. The Morgan fingerprint density at radius 1 is 1.00 bits per heavy atom. The molecule has 6 heteroatoms. The van der Waals surface area contributed by atoms with Crippen LogP contribution in [-0.2, 0) is 29.7 Å². The summed E-state index contributed by atoms with van der Waals surface area (Å²) in [4.78, 5) is 16.3. The van der Waals surface area contributed by atoms with Crippen LogP contribution in [0.3, 0.4) is 0 Å². The van der Waals surface area contributed by atoms with Gasteiger partial charge in [0, 0.05) is 27.1 Å². The van der Waals surface area contributed by atoms with E-state index in [0.717, 1.165) is 72.0 Å². The van der Waals surface area contributed by atoms with Gasteiger partial charge in [-0.15, -0.1) is 0 Å². The van der Waals surface area contributed by atoms with E-state index in [1.807, 2.05) is 62.0 Å². The van der Waals surface area contributed by atoms with Gasteiger partial charge in [0.2, 0.25) is 0 Å². The molecule has 5 rings (SSSR count). The van der Waals surface area contributed by atoms with Gasteiger partial charge in [-0.25, -0.2) is 0 Å². The zero-order valence-corrected chi connectivity index (χ0v) is 25.3. The summed E-state index contributed by atoms with van der Waals surface area (Å²) in [5.74, 6) is 0.149. The maximum atomic E-state index is 11.5. The second-order valence-corrected chi connectivity index (χ2v) is 13.6. The minimum Gasteiger partial charge on any atom is -0.481 e. The van der Waals surface area contributed by atoms with Gasteiger partial charge in [-0.2, -0.15) is 11.8 Å². The molecular formula is C35H38ClNO3S. The van der Waals surface area contributed by atoms with Crippen LogP contribution in [0.1, 0.15) is 72.7 Å². The molecular weight excluding hydrogens is 550 g/mol. The summed E-state index contributed by atoms with van der Waals surface area (Å²) in [5, 5.41) is 22.2. The number of carbonyl (C=O) groups is 1. The lowest BCUT2D eigenvalue weighted by Gasteiger charge is -2.24. The first-order valence-corrected chi connectivity index (χ1v) is 15.8. The van der Waals surface area contributed by atoms with Crippen molar-refractivity contribution in [3.63, 3.8) is 0 Å². The lowest BCUT2D eigenvalue weighted by Crippen LogP contribution is -2.18. The third kappa shape index (κ3) is 7.91. The number of benzene rings is 3. The van der Waals surface area contributed by atoms with E-state index in [1.54, 1.807) is 0 Å². The van der Waals surface area contributed by atoms with E-state index in [1.165, 1.54) is 11.1 Å². The van der Waals surface area contributed by atoms with Crippen molar-refractivity contribution < 1.29 is 15.0 Å². The molecule has 3 aromatic carbocycles. The maximum absolute atomic E-state index is 11.5. The van der Waals surface area contributed by atoms with Crippen molar-refractivity contribution in [3.8, 4) is 0 Å². The fourth-order valence-corrected chi connectivity index (χ4v) is 7.34. The van der Waals surface area contributed by atoms with E-state index in [0.29, 0.717) is 5.02 Å². The molecule has 1 aliphatic rings. The van der Waals surface area contributed by atoms with Gasteiger partial charge in [-0.05, 0) is 98.2 Å². The van der Waals surface area contributed by atoms with Crippen molar-refractivity contribution in [1.82, 2.24) is 4.98 Å². The molecule has 0 radical (unpaired) electrons. The number of aliphatic hydroxyl groups is 1. The molecule has 1 atom stereocenters. The summed E-state index contributed by atoms with van der Waals surface area (Å²) in [6.07, 6.45) is 5.71. The molecule has 4 aromatic rings. The van der Waals surface area contributed by atoms with Crippen LogP contribution in [-0.4, -0.2) is 26.9 Å². The van der Waals surface area contributed by atoms with Crippen LogP contribution in [0.25, 0.3) is 10.9 Å². The van der Waals surface area contributed by atoms with E-state index < -0.39 is 11.6 Å². The van der Waals surface area contributed by atoms with Crippen LogP contribution < -0.4 is 0 Å². The van der Waals surface area contributed by atoms with Crippen LogP contribution in [0.5, 0.6) is 0 Å². The monoisotopic (exact) mass is 587 g/mol. The van der Waals surface area contributed by atoms with Crippen molar-refractivity contribution in [2.24, 2.45) is 5.41 Å². The number of fused-ring (bicyclic) bond motifs is 1. The third-order valence-corrected chi connectivity index (χ3v) is 10.1. The van der Waals surface area contributed by atoms with E-state index in [2.05, 4.69) is 42.5 Å². The fraction of sp³-hybridized carbons (Fsp3) is 0.371. The lowest BCUT2D eigenvalue weighted by atomic mass is 9.90. The number of halogens is 1. The summed E-state index contributed by atoms with van der Waals surface area (Å²) < 4.78 is 0. The standard InChI is InChI=1S/C35H38ClNO3S/c1-34(2,40)30-9-4-3-7-25(30)13-17-32(41-23-35(18-19-35)22-33(38)39)27-8-5-6-24(20-27)10-15-29-16-12-26-11-14-28(36)21-31(26)37-29/h3-9,11-12,14,16,20-21,32,40H,10,13,15,17-19,22-23H2,1-2H3,(H,38,39)/t32-/m1/s1. The number of hydrogen-bond acceptors (Lipinski definition) is 4. The molecule has 214 valence electrons. The van der Waals surface area contributed by atoms with Crippen molar-refractivity contribution in [2.75, 3.05) is 5.75 Å². The number of rotatable bonds is 13. The minimum absolute atomic E-state index is 0.0675. The average Bonchev–Trinajstić information content (AvgIpc) is 3.70. The highest BCUT2D eigenvalue weighted by atomic mass is 35.5. The predicted octanol–water partition coefficient (Wildman–Crippen LogP) is 8.56.